The van der Waals surface area contributed by atoms with Gasteiger partial charge in [-0.2, -0.15) is 0 Å². The molecule has 7 aromatic carbocycles. The molecular weight excluding hydrogens is 617 g/mol. The maximum Gasteiger partial charge on any atom is 0.197 e. The summed E-state index contributed by atoms with van der Waals surface area (Å²) in [4.78, 5) is 6.39. The highest BCUT2D eigenvalue weighted by molar-refractivity contribution is 6.73. The average Bonchev–Trinajstić information content (AvgIpc) is 3.81. The molecule has 239 valence electrons. The van der Waals surface area contributed by atoms with Crippen molar-refractivity contribution in [3.63, 3.8) is 0 Å². The SMILES string of the molecule is CC1(C)c2ccccc2-c2[nH]c3c(-c4cc(N(c5ccccc5)c5ccccc5)cc5c4[B]c4cccc6c7ccccc7n-5c46)cccc3c21. The summed E-state index contributed by atoms with van der Waals surface area (Å²) in [6.45, 7) is 4.73. The summed E-state index contributed by atoms with van der Waals surface area (Å²) in [6, 6.07) is 57.6. The smallest absolute Gasteiger partial charge is 0.197 e. The van der Waals surface area contributed by atoms with Gasteiger partial charge in [0.25, 0.3) is 0 Å². The molecule has 1 radical (unpaired) electrons. The van der Waals surface area contributed by atoms with Gasteiger partial charge >= 0.3 is 0 Å². The molecule has 0 spiro atoms. The fourth-order valence-electron chi connectivity index (χ4n) is 9.15. The molecule has 4 heteroatoms. The summed E-state index contributed by atoms with van der Waals surface area (Å²) in [5, 5.41) is 3.84. The van der Waals surface area contributed by atoms with Crippen molar-refractivity contribution in [2.24, 2.45) is 0 Å². The normalized spacial score (nSPS) is 13.6. The Morgan fingerprint density at radius 2 is 1.22 bits per heavy atom. The van der Waals surface area contributed by atoms with E-state index in [-0.39, 0.29) is 5.41 Å². The molecule has 0 fully saturated rings. The summed E-state index contributed by atoms with van der Waals surface area (Å²) in [6.07, 6.45) is 0. The summed E-state index contributed by atoms with van der Waals surface area (Å²) in [5.41, 5.74) is 18.3. The standard InChI is InChI=1S/C47H33BN3/c1-47(2)38-24-11-9-20-35(38)45-42(47)36-23-13-21-33(44(36)49-45)37-27-31(50(29-15-5-3-6-16-29)30-17-7-4-8-18-30)28-41-43(37)48-39-25-14-22-34-32-19-10-12-26-40(32)51(41)46(34)39/h3-28,49H,1-2H3. The van der Waals surface area contributed by atoms with Crippen LogP contribution in [0.4, 0.5) is 17.1 Å². The Labute approximate surface area is 297 Å². The van der Waals surface area contributed by atoms with Crippen molar-refractivity contribution in [1.82, 2.24) is 9.55 Å². The average molecular weight is 651 g/mol. The number of nitrogens with one attached hydrogen (secondary N) is 1. The lowest BCUT2D eigenvalue weighted by Crippen LogP contribution is -2.37. The largest absolute Gasteiger partial charge is 0.354 e. The Morgan fingerprint density at radius 1 is 0.569 bits per heavy atom. The summed E-state index contributed by atoms with van der Waals surface area (Å²) < 4.78 is 2.50. The fraction of sp³-hybridized carbons (Fsp3) is 0.0638. The molecule has 1 aliphatic carbocycles. The number of rotatable bonds is 4. The third-order valence-corrected chi connectivity index (χ3v) is 11.3. The molecule has 0 atom stereocenters. The van der Waals surface area contributed by atoms with Crippen LogP contribution in [0, 0.1) is 0 Å². The van der Waals surface area contributed by atoms with Crippen LogP contribution in [0.3, 0.4) is 0 Å². The number of hydrogen-bond acceptors (Lipinski definition) is 1. The number of para-hydroxylation sites is 5. The molecule has 0 saturated heterocycles. The van der Waals surface area contributed by atoms with Gasteiger partial charge in [-0.1, -0.05) is 135 Å². The van der Waals surface area contributed by atoms with Crippen molar-refractivity contribution in [2.45, 2.75) is 19.3 Å². The van der Waals surface area contributed by atoms with Gasteiger partial charge in [0.2, 0.25) is 0 Å². The predicted molar refractivity (Wildman–Crippen MR) is 215 cm³/mol. The minimum atomic E-state index is -0.109. The minimum Gasteiger partial charge on any atom is -0.354 e. The van der Waals surface area contributed by atoms with Crippen molar-refractivity contribution in [1.29, 1.82) is 0 Å². The molecule has 0 unspecified atom stereocenters. The molecular formula is C47H33BN3. The van der Waals surface area contributed by atoms with Crippen LogP contribution in [0.5, 0.6) is 0 Å². The van der Waals surface area contributed by atoms with E-state index >= 15 is 0 Å². The molecule has 2 aromatic heterocycles. The van der Waals surface area contributed by atoms with E-state index in [1.165, 1.54) is 82.8 Å². The quantitative estimate of drug-likeness (QED) is 0.188. The number of nitrogens with zero attached hydrogens (tertiary/aromatic N) is 2. The Morgan fingerprint density at radius 3 is 2.02 bits per heavy atom. The Hall–Kier alpha value is -6.26. The third kappa shape index (κ3) is 3.90. The van der Waals surface area contributed by atoms with Gasteiger partial charge in [0, 0.05) is 61.0 Å². The van der Waals surface area contributed by atoms with Crippen LogP contribution < -0.4 is 15.8 Å². The molecule has 2 aliphatic rings. The molecule has 0 saturated carbocycles. The third-order valence-electron chi connectivity index (χ3n) is 11.3. The van der Waals surface area contributed by atoms with Crippen molar-refractivity contribution in [3.05, 3.63) is 169 Å². The van der Waals surface area contributed by atoms with Gasteiger partial charge in [0.1, 0.15) is 0 Å². The Bertz CT molecular complexity index is 2820. The first-order valence-electron chi connectivity index (χ1n) is 17.8. The van der Waals surface area contributed by atoms with Crippen LogP contribution in [0.1, 0.15) is 25.0 Å². The fourth-order valence-corrected chi connectivity index (χ4v) is 9.15. The van der Waals surface area contributed by atoms with Gasteiger partial charge < -0.3 is 14.5 Å². The van der Waals surface area contributed by atoms with Crippen molar-refractivity contribution < 1.29 is 0 Å². The van der Waals surface area contributed by atoms with E-state index in [1.807, 2.05) is 0 Å². The van der Waals surface area contributed by atoms with E-state index in [0.717, 1.165) is 17.1 Å². The molecule has 1 N–H and O–H groups in total. The first kappa shape index (κ1) is 28.6. The first-order chi connectivity index (χ1) is 25.1. The highest BCUT2D eigenvalue weighted by Crippen LogP contribution is 2.52. The Kier molecular flexibility index (Phi) is 5.82. The number of anilines is 3. The van der Waals surface area contributed by atoms with E-state index < -0.39 is 0 Å². The van der Waals surface area contributed by atoms with Crippen LogP contribution in [-0.2, 0) is 5.41 Å². The topological polar surface area (TPSA) is 24.0 Å². The second-order valence-electron chi connectivity index (χ2n) is 14.4. The van der Waals surface area contributed by atoms with Crippen LogP contribution in [0.15, 0.2) is 158 Å². The zero-order chi connectivity index (χ0) is 33.8. The Balaban J connectivity index is 1.26. The van der Waals surface area contributed by atoms with Gasteiger partial charge in [-0.15, -0.1) is 0 Å². The number of hydrogen-bond donors (Lipinski definition) is 1. The predicted octanol–water partition coefficient (Wildman–Crippen LogP) is 10.7. The maximum atomic E-state index is 4.00. The van der Waals surface area contributed by atoms with Crippen LogP contribution in [0.25, 0.3) is 60.8 Å². The summed E-state index contributed by atoms with van der Waals surface area (Å²) in [5.74, 6) is 0. The summed E-state index contributed by atoms with van der Waals surface area (Å²) >= 11 is 0. The van der Waals surface area contributed by atoms with Gasteiger partial charge in [0.05, 0.1) is 16.7 Å². The van der Waals surface area contributed by atoms with Crippen molar-refractivity contribution >= 4 is 68.0 Å². The molecule has 9 aromatic rings. The first-order valence-corrected chi connectivity index (χ1v) is 17.8. The van der Waals surface area contributed by atoms with E-state index in [2.05, 4.69) is 193 Å². The summed E-state index contributed by atoms with van der Waals surface area (Å²) in [7, 11) is 2.42. The minimum absolute atomic E-state index is 0.109. The molecule has 1 aliphatic heterocycles. The van der Waals surface area contributed by atoms with Gasteiger partial charge in [-0.3, -0.25) is 0 Å². The molecule has 11 rings (SSSR count). The monoisotopic (exact) mass is 650 g/mol. The second kappa shape index (κ2) is 10.4. The van der Waals surface area contributed by atoms with Gasteiger partial charge in [-0.05, 0) is 64.6 Å². The molecule has 3 nitrogen and oxygen atoms in total. The van der Waals surface area contributed by atoms with E-state index in [4.69, 9.17) is 0 Å². The van der Waals surface area contributed by atoms with Gasteiger partial charge in [-0.25, -0.2) is 0 Å². The molecule has 51 heavy (non-hydrogen) atoms. The zero-order valence-corrected chi connectivity index (χ0v) is 28.5. The lowest BCUT2D eigenvalue weighted by atomic mass is 9.59. The zero-order valence-electron chi connectivity index (χ0n) is 28.5. The van der Waals surface area contributed by atoms with Crippen molar-refractivity contribution in [3.8, 4) is 28.1 Å². The lowest BCUT2D eigenvalue weighted by molar-refractivity contribution is 0.666. The number of aromatic nitrogens is 2. The lowest BCUT2D eigenvalue weighted by Gasteiger charge is -2.30. The van der Waals surface area contributed by atoms with Crippen LogP contribution >= 0.6 is 0 Å². The van der Waals surface area contributed by atoms with Crippen molar-refractivity contribution in [2.75, 3.05) is 4.90 Å². The van der Waals surface area contributed by atoms with E-state index in [9.17, 15) is 0 Å². The second-order valence-corrected chi connectivity index (χ2v) is 14.4. The highest BCUT2D eigenvalue weighted by Gasteiger charge is 2.39. The van der Waals surface area contributed by atoms with E-state index in [1.54, 1.807) is 0 Å². The number of benzene rings is 7. The number of H-pyrrole nitrogens is 1. The molecule has 0 amide bonds. The van der Waals surface area contributed by atoms with E-state index in [0.29, 0.717) is 0 Å². The molecule has 3 heterocycles. The van der Waals surface area contributed by atoms with Gasteiger partial charge in [0.15, 0.2) is 7.28 Å². The number of fused-ring (bicyclic) bond motifs is 10. The number of aromatic amines is 1. The van der Waals surface area contributed by atoms with Crippen LogP contribution in [0.2, 0.25) is 0 Å². The highest BCUT2D eigenvalue weighted by atomic mass is 15.1. The maximum absolute atomic E-state index is 4.00. The van der Waals surface area contributed by atoms with Crippen LogP contribution in [-0.4, -0.2) is 16.8 Å². The molecule has 0 bridgehead atoms.